The van der Waals surface area contributed by atoms with Gasteiger partial charge in [0.2, 0.25) is 5.95 Å². The normalized spacial score (nSPS) is 11.4. The van der Waals surface area contributed by atoms with Crippen LogP contribution in [0.25, 0.3) is 105 Å². The lowest BCUT2D eigenvalue weighted by Crippen LogP contribution is -2.07. The first-order valence-electron chi connectivity index (χ1n) is 19.5. The first-order chi connectivity index (χ1) is 28.2. The Labute approximate surface area is 330 Å². The maximum Gasteiger partial charge on any atom is 0.238 e. The van der Waals surface area contributed by atoms with E-state index in [2.05, 4.69) is 128 Å². The lowest BCUT2D eigenvalue weighted by atomic mass is 9.96. The zero-order valence-electron chi connectivity index (χ0n) is 31.7. The maximum atomic E-state index is 6.48. The lowest BCUT2D eigenvalue weighted by molar-refractivity contribution is 0.670. The van der Waals surface area contributed by atoms with E-state index in [-0.39, 0.29) is 0 Å². The van der Waals surface area contributed by atoms with Crippen molar-refractivity contribution in [3.63, 3.8) is 0 Å². The molecule has 0 fully saturated rings. The summed E-state index contributed by atoms with van der Waals surface area (Å²) in [5, 5.41) is 6.83. The number of aromatic nitrogens is 4. The Balaban J connectivity index is 0.00000128. The van der Waals surface area contributed by atoms with Gasteiger partial charge in [0, 0.05) is 43.8 Å². The van der Waals surface area contributed by atoms with Gasteiger partial charge in [-0.2, -0.15) is 9.97 Å². The first kappa shape index (κ1) is 34.1. The summed E-state index contributed by atoms with van der Waals surface area (Å²) in [6, 6.07) is 63.3. The third-order valence-electron chi connectivity index (χ3n) is 10.4. The second-order valence-corrected chi connectivity index (χ2v) is 14.3. The molecule has 0 atom stereocenters. The molecule has 8 aromatic carbocycles. The number of fused-ring (bicyclic) bond motifs is 7. The highest BCUT2D eigenvalue weighted by Gasteiger charge is 2.22. The Hall–Kier alpha value is -7.37. The molecule has 11 aromatic rings. The van der Waals surface area contributed by atoms with Crippen molar-refractivity contribution in [1.82, 2.24) is 19.5 Å². The van der Waals surface area contributed by atoms with Crippen molar-refractivity contribution >= 4 is 54.5 Å². The molecule has 57 heavy (non-hydrogen) atoms. The van der Waals surface area contributed by atoms with Crippen molar-refractivity contribution in [2.75, 3.05) is 0 Å². The highest BCUT2D eigenvalue weighted by atomic mass is 16.3. The van der Waals surface area contributed by atoms with Crippen LogP contribution in [-0.4, -0.2) is 19.5 Å². The Bertz CT molecular complexity index is 3180. The predicted molar refractivity (Wildman–Crippen MR) is 237 cm³/mol. The van der Waals surface area contributed by atoms with Crippen LogP contribution in [0.3, 0.4) is 0 Å². The molecule has 5 nitrogen and oxygen atoms in total. The summed E-state index contributed by atoms with van der Waals surface area (Å²) in [7, 11) is 0. The summed E-state index contributed by atoms with van der Waals surface area (Å²) in [5.74, 6) is 1.80. The van der Waals surface area contributed by atoms with Crippen LogP contribution >= 0.6 is 0 Å². The molecule has 3 aromatic heterocycles. The molecule has 0 aliphatic heterocycles. The second-order valence-electron chi connectivity index (χ2n) is 14.3. The van der Waals surface area contributed by atoms with Crippen molar-refractivity contribution in [1.29, 1.82) is 0 Å². The zero-order chi connectivity index (χ0) is 38.3. The van der Waals surface area contributed by atoms with Gasteiger partial charge in [0.1, 0.15) is 11.2 Å². The van der Waals surface area contributed by atoms with Crippen LogP contribution < -0.4 is 0 Å². The standard InChI is InChI=1S/C49H30N4O.C3H8/c1-3-14-31(15-4-1)47-50-48(32-16-5-2-6-17-32)52-49(51-47)53-43-30-34-19-8-7-18-33(34)29-42(43)40-25-12-23-37(45(40)53)35-20-11-21-36(28-35)38-24-13-26-41-39-22-9-10-27-44(39)54-46(38)41;1-3-2/h1-30H;3H2,1-2H3. The zero-order valence-corrected chi connectivity index (χ0v) is 31.7. The van der Waals surface area contributed by atoms with E-state index in [1.54, 1.807) is 0 Å². The minimum Gasteiger partial charge on any atom is -0.455 e. The van der Waals surface area contributed by atoms with Gasteiger partial charge >= 0.3 is 0 Å². The van der Waals surface area contributed by atoms with Gasteiger partial charge in [-0.15, -0.1) is 0 Å². The molecule has 3 heterocycles. The third kappa shape index (κ3) is 6.01. The Morgan fingerprint density at radius 1 is 0.439 bits per heavy atom. The smallest absolute Gasteiger partial charge is 0.238 e. The van der Waals surface area contributed by atoms with Gasteiger partial charge in [0.05, 0.1) is 11.0 Å². The molecule has 0 bridgehead atoms. The highest BCUT2D eigenvalue weighted by molar-refractivity contribution is 6.17. The van der Waals surface area contributed by atoms with E-state index in [9.17, 15) is 0 Å². The Morgan fingerprint density at radius 2 is 0.965 bits per heavy atom. The van der Waals surface area contributed by atoms with Crippen LogP contribution in [0.1, 0.15) is 20.3 Å². The first-order valence-corrected chi connectivity index (χ1v) is 19.5. The Kier molecular flexibility index (Phi) is 8.61. The summed E-state index contributed by atoms with van der Waals surface area (Å²) < 4.78 is 8.71. The highest BCUT2D eigenvalue weighted by Crippen LogP contribution is 2.42. The summed E-state index contributed by atoms with van der Waals surface area (Å²) in [5.41, 5.74) is 10.0. The van der Waals surface area contributed by atoms with Crippen molar-refractivity contribution < 1.29 is 4.42 Å². The number of benzene rings is 8. The fraction of sp³-hybridized carbons (Fsp3) is 0.0577. The summed E-state index contributed by atoms with van der Waals surface area (Å²) >= 11 is 0. The van der Waals surface area contributed by atoms with Crippen LogP contribution in [0.5, 0.6) is 0 Å². The minimum absolute atomic E-state index is 0.564. The van der Waals surface area contributed by atoms with Crippen molar-refractivity contribution in [2.24, 2.45) is 0 Å². The average Bonchev–Trinajstić information content (AvgIpc) is 3.82. The van der Waals surface area contributed by atoms with E-state index < -0.39 is 0 Å². The van der Waals surface area contributed by atoms with Crippen molar-refractivity contribution in [2.45, 2.75) is 20.3 Å². The SMILES string of the molecule is CCC.c1ccc(-c2nc(-c3ccccc3)nc(-n3c4cc5ccccc5cc4c4cccc(-c5cccc(-c6cccc7c6oc6ccccc67)c5)c43)n2)cc1. The molecule has 5 heteroatoms. The fourth-order valence-corrected chi connectivity index (χ4v) is 7.92. The molecule has 0 amide bonds. The molecule has 0 saturated heterocycles. The predicted octanol–water partition coefficient (Wildman–Crippen LogP) is 14.1. The topological polar surface area (TPSA) is 56.7 Å². The van der Waals surface area contributed by atoms with Crippen LogP contribution in [0.4, 0.5) is 0 Å². The van der Waals surface area contributed by atoms with Crippen molar-refractivity contribution in [3.05, 3.63) is 182 Å². The number of hydrogen-bond acceptors (Lipinski definition) is 4. The quantitative estimate of drug-likeness (QED) is 0.177. The van der Waals surface area contributed by atoms with E-state index in [4.69, 9.17) is 19.4 Å². The molecule has 0 spiro atoms. The maximum absolute atomic E-state index is 6.48. The molecule has 0 radical (unpaired) electrons. The van der Waals surface area contributed by atoms with Gasteiger partial charge in [-0.1, -0.05) is 178 Å². The molecule has 0 N–H and O–H groups in total. The molecular formula is C52H38N4O. The van der Waals surface area contributed by atoms with Gasteiger partial charge in [0.25, 0.3) is 0 Å². The number of para-hydroxylation sites is 3. The molecule has 0 aliphatic carbocycles. The third-order valence-corrected chi connectivity index (χ3v) is 10.4. The number of nitrogens with zero attached hydrogens (tertiary/aromatic N) is 4. The number of rotatable bonds is 5. The van der Waals surface area contributed by atoms with E-state index in [0.717, 1.165) is 82.5 Å². The summed E-state index contributed by atoms with van der Waals surface area (Å²) in [6.07, 6.45) is 1.25. The second kappa shape index (κ2) is 14.4. The van der Waals surface area contributed by atoms with Gasteiger partial charge in [-0.05, 0) is 46.2 Å². The number of furan rings is 1. The molecule has 0 unspecified atom stereocenters. The van der Waals surface area contributed by atoms with Gasteiger partial charge in [-0.3, -0.25) is 4.57 Å². The minimum atomic E-state index is 0.564. The van der Waals surface area contributed by atoms with Crippen LogP contribution in [0.2, 0.25) is 0 Å². The Morgan fingerprint density at radius 3 is 1.67 bits per heavy atom. The molecule has 272 valence electrons. The van der Waals surface area contributed by atoms with E-state index >= 15 is 0 Å². The molecule has 0 saturated carbocycles. The monoisotopic (exact) mass is 734 g/mol. The molecule has 0 aliphatic rings. The lowest BCUT2D eigenvalue weighted by Gasteiger charge is -2.13. The van der Waals surface area contributed by atoms with Crippen LogP contribution in [0.15, 0.2) is 186 Å². The number of hydrogen-bond donors (Lipinski definition) is 0. The van der Waals surface area contributed by atoms with E-state index in [1.165, 1.54) is 11.8 Å². The van der Waals surface area contributed by atoms with E-state index in [1.807, 2.05) is 72.8 Å². The van der Waals surface area contributed by atoms with E-state index in [0.29, 0.717) is 17.6 Å². The molecular weight excluding hydrogens is 697 g/mol. The largest absolute Gasteiger partial charge is 0.455 e. The van der Waals surface area contributed by atoms with Crippen molar-refractivity contribution in [3.8, 4) is 51.0 Å². The van der Waals surface area contributed by atoms with Gasteiger partial charge in [-0.25, -0.2) is 4.98 Å². The van der Waals surface area contributed by atoms with Crippen LogP contribution in [-0.2, 0) is 0 Å². The van der Waals surface area contributed by atoms with Gasteiger partial charge < -0.3 is 4.42 Å². The fourth-order valence-electron chi connectivity index (χ4n) is 7.92. The van der Waals surface area contributed by atoms with Crippen LogP contribution in [0, 0.1) is 0 Å². The summed E-state index contributed by atoms with van der Waals surface area (Å²) in [4.78, 5) is 15.5. The van der Waals surface area contributed by atoms with Gasteiger partial charge in [0.15, 0.2) is 11.6 Å². The average molecular weight is 735 g/mol. The summed E-state index contributed by atoms with van der Waals surface area (Å²) in [6.45, 7) is 4.25. The molecule has 11 rings (SSSR count).